The zero-order valence-corrected chi connectivity index (χ0v) is 16.0. The van der Waals surface area contributed by atoms with Crippen LogP contribution in [0.3, 0.4) is 0 Å². The molecule has 26 heavy (non-hydrogen) atoms. The summed E-state index contributed by atoms with van der Waals surface area (Å²) in [5.41, 5.74) is 2.04. The molecule has 1 fully saturated rings. The van der Waals surface area contributed by atoms with Gasteiger partial charge in [0.05, 0.1) is 11.4 Å². The van der Waals surface area contributed by atoms with E-state index < -0.39 is 0 Å². The molecule has 0 bridgehead atoms. The van der Waals surface area contributed by atoms with Gasteiger partial charge in [-0.05, 0) is 44.2 Å². The molecule has 6 heteroatoms. The standard InChI is InChI=1S/C20H22N2O3S/c1-4-21(5-2)18-10-9-16(25-18)12-17-19(23)22(20(24)26-17)13-15-8-6-7-14(3)11-15/h6-12H,4-5,13H2,1-3H3/b17-12-. The molecule has 1 aromatic heterocycles. The third kappa shape index (κ3) is 3.85. The first-order chi connectivity index (χ1) is 12.5. The van der Waals surface area contributed by atoms with E-state index in [0.717, 1.165) is 41.9 Å². The van der Waals surface area contributed by atoms with Gasteiger partial charge >= 0.3 is 0 Å². The van der Waals surface area contributed by atoms with E-state index in [4.69, 9.17) is 4.42 Å². The van der Waals surface area contributed by atoms with Gasteiger partial charge in [0.2, 0.25) is 0 Å². The molecule has 2 aromatic rings. The molecule has 3 rings (SSSR count). The molecule has 2 amide bonds. The quantitative estimate of drug-likeness (QED) is 0.692. The highest BCUT2D eigenvalue weighted by Gasteiger charge is 2.35. The first kappa shape index (κ1) is 18.3. The maximum Gasteiger partial charge on any atom is 0.293 e. The molecule has 1 aliphatic heterocycles. The van der Waals surface area contributed by atoms with Crippen molar-refractivity contribution < 1.29 is 14.0 Å². The van der Waals surface area contributed by atoms with Gasteiger partial charge in [-0.15, -0.1) is 0 Å². The fourth-order valence-electron chi connectivity index (χ4n) is 2.88. The minimum atomic E-state index is -0.276. The summed E-state index contributed by atoms with van der Waals surface area (Å²) in [5, 5.41) is -0.252. The predicted octanol–water partition coefficient (Wildman–Crippen LogP) is 4.67. The average Bonchev–Trinajstić information content (AvgIpc) is 3.17. The third-order valence-corrected chi connectivity index (χ3v) is 5.17. The van der Waals surface area contributed by atoms with Crippen molar-refractivity contribution in [2.24, 2.45) is 0 Å². The zero-order chi connectivity index (χ0) is 18.7. The van der Waals surface area contributed by atoms with Crippen LogP contribution < -0.4 is 4.90 Å². The summed E-state index contributed by atoms with van der Waals surface area (Å²) in [4.78, 5) is 28.6. The highest BCUT2D eigenvalue weighted by molar-refractivity contribution is 8.18. The SMILES string of the molecule is CCN(CC)c1ccc(/C=C2\SC(=O)N(Cc3cccc(C)c3)C2=O)o1. The Morgan fingerprint density at radius 1 is 1.15 bits per heavy atom. The Morgan fingerprint density at radius 2 is 1.92 bits per heavy atom. The number of aryl methyl sites for hydroxylation is 1. The van der Waals surface area contributed by atoms with Crippen molar-refractivity contribution in [1.29, 1.82) is 0 Å². The van der Waals surface area contributed by atoms with E-state index in [1.54, 1.807) is 6.08 Å². The lowest BCUT2D eigenvalue weighted by atomic mass is 10.1. The minimum absolute atomic E-state index is 0.252. The van der Waals surface area contributed by atoms with Crippen LogP contribution in [0.25, 0.3) is 6.08 Å². The molecule has 0 unspecified atom stereocenters. The zero-order valence-electron chi connectivity index (χ0n) is 15.2. The minimum Gasteiger partial charge on any atom is -0.441 e. The third-order valence-electron chi connectivity index (χ3n) is 4.26. The fourth-order valence-corrected chi connectivity index (χ4v) is 3.70. The van der Waals surface area contributed by atoms with Crippen molar-refractivity contribution in [2.75, 3.05) is 18.0 Å². The van der Waals surface area contributed by atoms with E-state index in [1.807, 2.05) is 43.3 Å². The van der Waals surface area contributed by atoms with Crippen LogP contribution in [0.15, 0.2) is 45.7 Å². The molecule has 1 aliphatic rings. The molecule has 0 saturated carbocycles. The van der Waals surface area contributed by atoms with E-state index in [-0.39, 0.29) is 17.7 Å². The summed E-state index contributed by atoms with van der Waals surface area (Å²) in [6, 6.07) is 11.5. The number of thioether (sulfide) groups is 1. The maximum absolute atomic E-state index is 12.6. The van der Waals surface area contributed by atoms with Crippen molar-refractivity contribution in [3.8, 4) is 0 Å². The summed E-state index contributed by atoms with van der Waals surface area (Å²) in [6.07, 6.45) is 1.65. The molecular formula is C20H22N2O3S. The fraction of sp³-hybridized carbons (Fsp3) is 0.300. The summed E-state index contributed by atoms with van der Waals surface area (Å²) < 4.78 is 5.80. The normalized spacial score (nSPS) is 16.0. The summed E-state index contributed by atoms with van der Waals surface area (Å²) >= 11 is 0.954. The number of carbonyl (C=O) groups excluding carboxylic acids is 2. The van der Waals surface area contributed by atoms with E-state index in [1.165, 1.54) is 4.90 Å². The maximum atomic E-state index is 12.6. The van der Waals surface area contributed by atoms with Gasteiger partial charge in [0.15, 0.2) is 5.88 Å². The number of nitrogens with zero attached hydrogens (tertiary/aromatic N) is 2. The lowest BCUT2D eigenvalue weighted by Crippen LogP contribution is -2.27. The van der Waals surface area contributed by atoms with Crippen molar-refractivity contribution in [1.82, 2.24) is 4.90 Å². The smallest absolute Gasteiger partial charge is 0.293 e. The Balaban J connectivity index is 1.77. The van der Waals surface area contributed by atoms with Crippen LogP contribution in [0.2, 0.25) is 0 Å². The first-order valence-corrected chi connectivity index (χ1v) is 9.49. The second-order valence-electron chi connectivity index (χ2n) is 6.11. The molecule has 0 radical (unpaired) electrons. The Labute approximate surface area is 157 Å². The first-order valence-electron chi connectivity index (χ1n) is 8.67. The summed E-state index contributed by atoms with van der Waals surface area (Å²) in [5.74, 6) is 1.07. The Hall–Kier alpha value is -2.47. The lowest BCUT2D eigenvalue weighted by molar-refractivity contribution is -0.123. The van der Waals surface area contributed by atoms with Gasteiger partial charge in [-0.25, -0.2) is 0 Å². The van der Waals surface area contributed by atoms with E-state index in [2.05, 4.69) is 18.7 Å². The van der Waals surface area contributed by atoms with Crippen LogP contribution in [0, 0.1) is 6.92 Å². The van der Waals surface area contributed by atoms with Crippen LogP contribution in [-0.4, -0.2) is 29.1 Å². The van der Waals surface area contributed by atoms with Gasteiger partial charge in [-0.2, -0.15) is 0 Å². The Kier molecular flexibility index (Phi) is 5.52. The number of carbonyl (C=O) groups is 2. The van der Waals surface area contributed by atoms with Crippen molar-refractivity contribution in [3.63, 3.8) is 0 Å². The van der Waals surface area contributed by atoms with Crippen molar-refractivity contribution in [2.45, 2.75) is 27.3 Å². The second kappa shape index (κ2) is 7.83. The molecule has 0 spiro atoms. The molecule has 0 aliphatic carbocycles. The number of hydrogen-bond acceptors (Lipinski definition) is 5. The number of amides is 2. The number of furan rings is 1. The molecule has 0 N–H and O–H groups in total. The lowest BCUT2D eigenvalue weighted by Gasteiger charge is -2.16. The van der Waals surface area contributed by atoms with Crippen LogP contribution in [0.4, 0.5) is 10.7 Å². The van der Waals surface area contributed by atoms with Crippen LogP contribution in [0.1, 0.15) is 30.7 Å². The number of imide groups is 1. The molecule has 2 heterocycles. The summed E-state index contributed by atoms with van der Waals surface area (Å²) in [7, 11) is 0. The number of rotatable bonds is 6. The molecule has 136 valence electrons. The van der Waals surface area contributed by atoms with Gasteiger partial charge in [-0.3, -0.25) is 14.5 Å². The number of hydrogen-bond donors (Lipinski definition) is 0. The van der Waals surface area contributed by atoms with E-state index in [9.17, 15) is 9.59 Å². The van der Waals surface area contributed by atoms with Crippen molar-refractivity contribution >= 4 is 34.9 Å². The van der Waals surface area contributed by atoms with Crippen LogP contribution >= 0.6 is 11.8 Å². The second-order valence-corrected chi connectivity index (χ2v) is 7.10. The Bertz CT molecular complexity index is 852. The molecule has 0 atom stereocenters. The monoisotopic (exact) mass is 370 g/mol. The summed E-state index contributed by atoms with van der Waals surface area (Å²) in [6.45, 7) is 8.08. The largest absolute Gasteiger partial charge is 0.441 e. The molecular weight excluding hydrogens is 348 g/mol. The van der Waals surface area contributed by atoms with Crippen LogP contribution in [-0.2, 0) is 11.3 Å². The van der Waals surface area contributed by atoms with Crippen LogP contribution in [0.5, 0.6) is 0 Å². The topological polar surface area (TPSA) is 53.8 Å². The van der Waals surface area contributed by atoms with Gasteiger partial charge in [0, 0.05) is 25.2 Å². The van der Waals surface area contributed by atoms with Crippen molar-refractivity contribution in [3.05, 3.63) is 58.2 Å². The van der Waals surface area contributed by atoms with E-state index in [0.29, 0.717) is 10.7 Å². The number of anilines is 1. The van der Waals surface area contributed by atoms with Gasteiger partial charge in [0.1, 0.15) is 5.76 Å². The highest BCUT2D eigenvalue weighted by Crippen LogP contribution is 2.34. The highest BCUT2D eigenvalue weighted by atomic mass is 32.2. The molecule has 1 aromatic carbocycles. The van der Waals surface area contributed by atoms with Gasteiger partial charge in [0.25, 0.3) is 11.1 Å². The number of benzene rings is 1. The predicted molar refractivity (Wildman–Crippen MR) is 105 cm³/mol. The Morgan fingerprint density at radius 3 is 2.62 bits per heavy atom. The molecule has 5 nitrogen and oxygen atoms in total. The molecule has 1 saturated heterocycles. The average molecular weight is 370 g/mol. The van der Waals surface area contributed by atoms with Gasteiger partial charge < -0.3 is 9.32 Å². The van der Waals surface area contributed by atoms with E-state index >= 15 is 0 Å². The van der Waals surface area contributed by atoms with Gasteiger partial charge in [-0.1, -0.05) is 29.8 Å².